The second kappa shape index (κ2) is 5.82. The van der Waals surface area contributed by atoms with Gasteiger partial charge in [0.05, 0.1) is 19.0 Å². The van der Waals surface area contributed by atoms with Crippen LogP contribution in [-0.2, 0) is 0 Å². The molecule has 0 unspecified atom stereocenters. The van der Waals surface area contributed by atoms with Gasteiger partial charge in [-0.2, -0.15) is 4.98 Å². The number of hydrogen-bond acceptors (Lipinski definition) is 5. The molecule has 2 N–H and O–H groups in total. The quantitative estimate of drug-likeness (QED) is 0.770. The van der Waals surface area contributed by atoms with Crippen molar-refractivity contribution in [3.63, 3.8) is 0 Å². The van der Waals surface area contributed by atoms with Gasteiger partial charge in [0, 0.05) is 19.1 Å². The summed E-state index contributed by atoms with van der Waals surface area (Å²) in [6.07, 6.45) is 6.87. The number of aromatic nitrogens is 2. The molecule has 5 nitrogen and oxygen atoms in total. The number of anilines is 1. The molecule has 94 valence electrons. The lowest BCUT2D eigenvalue weighted by molar-refractivity contribution is 0.304. The summed E-state index contributed by atoms with van der Waals surface area (Å²) in [7, 11) is 0. The molecule has 1 saturated carbocycles. The van der Waals surface area contributed by atoms with Gasteiger partial charge in [0.15, 0.2) is 5.82 Å². The second-order valence-corrected chi connectivity index (χ2v) is 4.28. The van der Waals surface area contributed by atoms with Crippen molar-refractivity contribution in [3.05, 3.63) is 12.4 Å². The Morgan fingerprint density at radius 3 is 2.94 bits per heavy atom. The van der Waals surface area contributed by atoms with Crippen LogP contribution in [0, 0.1) is 0 Å². The summed E-state index contributed by atoms with van der Waals surface area (Å²) in [6.45, 7) is 4.22. The Morgan fingerprint density at radius 2 is 2.29 bits per heavy atom. The molecule has 5 heteroatoms. The summed E-state index contributed by atoms with van der Waals surface area (Å²) in [4.78, 5) is 10.9. The minimum Gasteiger partial charge on any atom is -0.477 e. The fourth-order valence-electron chi connectivity index (χ4n) is 1.76. The topological polar surface area (TPSA) is 64.3 Å². The van der Waals surface area contributed by atoms with E-state index in [9.17, 15) is 0 Å². The van der Waals surface area contributed by atoms with E-state index in [1.54, 1.807) is 12.4 Å². The van der Waals surface area contributed by atoms with Gasteiger partial charge in [-0.05, 0) is 19.3 Å². The molecule has 0 atom stereocenters. The molecule has 0 aliphatic heterocycles. The highest BCUT2D eigenvalue weighted by atomic mass is 16.5. The Hall–Kier alpha value is -1.36. The van der Waals surface area contributed by atoms with Crippen LogP contribution in [-0.4, -0.2) is 35.7 Å². The van der Waals surface area contributed by atoms with Gasteiger partial charge in [-0.3, -0.25) is 4.98 Å². The number of hydrogen-bond donors (Lipinski definition) is 1. The summed E-state index contributed by atoms with van der Waals surface area (Å²) in [5.41, 5.74) is 5.63. The van der Waals surface area contributed by atoms with Crippen LogP contribution >= 0.6 is 0 Å². The molecule has 0 aromatic carbocycles. The van der Waals surface area contributed by atoms with Crippen LogP contribution in [0.2, 0.25) is 0 Å². The van der Waals surface area contributed by atoms with Crippen molar-refractivity contribution in [2.75, 3.05) is 24.6 Å². The molecule has 1 aromatic heterocycles. The Labute approximate surface area is 102 Å². The lowest BCUT2D eigenvalue weighted by Crippen LogP contribution is -2.32. The van der Waals surface area contributed by atoms with Crippen molar-refractivity contribution < 1.29 is 4.74 Å². The van der Waals surface area contributed by atoms with Crippen LogP contribution in [0.1, 0.15) is 26.2 Å². The van der Waals surface area contributed by atoms with E-state index in [0.29, 0.717) is 25.1 Å². The number of nitrogens with zero attached hydrogens (tertiary/aromatic N) is 3. The summed E-state index contributed by atoms with van der Waals surface area (Å²) >= 11 is 0. The van der Waals surface area contributed by atoms with Gasteiger partial charge in [-0.15, -0.1) is 0 Å². The molecule has 1 aliphatic carbocycles. The third-order valence-corrected chi connectivity index (χ3v) is 2.71. The molecule has 2 rings (SSSR count). The Kier molecular flexibility index (Phi) is 4.14. The molecule has 1 heterocycles. The van der Waals surface area contributed by atoms with Crippen LogP contribution < -0.4 is 15.4 Å². The van der Waals surface area contributed by atoms with Crippen LogP contribution in [0.3, 0.4) is 0 Å². The zero-order valence-electron chi connectivity index (χ0n) is 10.3. The molecule has 1 fully saturated rings. The van der Waals surface area contributed by atoms with Gasteiger partial charge >= 0.3 is 0 Å². The highest BCUT2D eigenvalue weighted by Gasteiger charge is 2.29. The van der Waals surface area contributed by atoms with Crippen molar-refractivity contribution in [3.8, 4) is 5.88 Å². The summed E-state index contributed by atoms with van der Waals surface area (Å²) in [5.74, 6) is 1.48. The maximum atomic E-state index is 5.63. The maximum absolute atomic E-state index is 5.63. The normalized spacial score (nSPS) is 14.7. The zero-order valence-corrected chi connectivity index (χ0v) is 10.3. The first-order valence-electron chi connectivity index (χ1n) is 6.26. The minimum atomic E-state index is 0.592. The largest absolute Gasteiger partial charge is 0.477 e. The van der Waals surface area contributed by atoms with Crippen LogP contribution in [0.4, 0.5) is 5.82 Å². The SMILES string of the molecule is CCCOc1cncc(N(CCN)C2CC2)n1. The third kappa shape index (κ3) is 3.30. The lowest BCUT2D eigenvalue weighted by Gasteiger charge is -2.22. The van der Waals surface area contributed by atoms with Crippen molar-refractivity contribution in [1.29, 1.82) is 0 Å². The summed E-state index contributed by atoms with van der Waals surface area (Å²) < 4.78 is 5.49. The molecule has 0 amide bonds. The van der Waals surface area contributed by atoms with Gasteiger partial charge in [0.2, 0.25) is 5.88 Å². The van der Waals surface area contributed by atoms with E-state index in [1.807, 2.05) is 0 Å². The first-order valence-corrected chi connectivity index (χ1v) is 6.26. The highest BCUT2D eigenvalue weighted by Crippen LogP contribution is 2.30. The molecule has 1 aromatic rings. The van der Waals surface area contributed by atoms with E-state index in [0.717, 1.165) is 18.8 Å². The standard InChI is InChI=1S/C12H20N4O/c1-2-7-17-12-9-14-8-11(15-12)16(6-5-13)10-3-4-10/h8-10H,2-7,13H2,1H3. The average molecular weight is 236 g/mol. The predicted molar refractivity (Wildman–Crippen MR) is 67.2 cm³/mol. The predicted octanol–water partition coefficient (Wildman–Crippen LogP) is 1.19. The van der Waals surface area contributed by atoms with Crippen LogP contribution in [0.15, 0.2) is 12.4 Å². The number of rotatable bonds is 7. The van der Waals surface area contributed by atoms with Gasteiger partial charge in [0.25, 0.3) is 0 Å². The van der Waals surface area contributed by atoms with Crippen molar-refractivity contribution in [2.24, 2.45) is 5.73 Å². The van der Waals surface area contributed by atoms with E-state index in [2.05, 4.69) is 21.8 Å². The fraction of sp³-hybridized carbons (Fsp3) is 0.667. The molecule has 1 aliphatic rings. The van der Waals surface area contributed by atoms with E-state index in [4.69, 9.17) is 10.5 Å². The fourth-order valence-corrected chi connectivity index (χ4v) is 1.76. The average Bonchev–Trinajstić information content (AvgIpc) is 3.18. The monoisotopic (exact) mass is 236 g/mol. The molecular formula is C12H20N4O. The van der Waals surface area contributed by atoms with E-state index < -0.39 is 0 Å². The second-order valence-electron chi connectivity index (χ2n) is 4.28. The van der Waals surface area contributed by atoms with Crippen LogP contribution in [0.25, 0.3) is 0 Å². The Balaban J connectivity index is 2.07. The Morgan fingerprint density at radius 1 is 1.47 bits per heavy atom. The van der Waals surface area contributed by atoms with Crippen LogP contribution in [0.5, 0.6) is 5.88 Å². The first kappa shape index (κ1) is 12.1. The van der Waals surface area contributed by atoms with E-state index in [1.165, 1.54) is 12.8 Å². The first-order chi connectivity index (χ1) is 8.35. The van der Waals surface area contributed by atoms with Crippen molar-refractivity contribution >= 4 is 5.82 Å². The van der Waals surface area contributed by atoms with E-state index in [-0.39, 0.29) is 0 Å². The molecule has 0 saturated heterocycles. The number of ether oxygens (including phenoxy) is 1. The van der Waals surface area contributed by atoms with Gasteiger partial charge in [-0.1, -0.05) is 6.92 Å². The third-order valence-electron chi connectivity index (χ3n) is 2.71. The Bertz CT molecular complexity index is 354. The molecule has 0 radical (unpaired) electrons. The van der Waals surface area contributed by atoms with Gasteiger partial charge in [0.1, 0.15) is 0 Å². The lowest BCUT2D eigenvalue weighted by atomic mass is 10.4. The minimum absolute atomic E-state index is 0.592. The highest BCUT2D eigenvalue weighted by molar-refractivity contribution is 5.40. The van der Waals surface area contributed by atoms with Gasteiger partial charge < -0.3 is 15.4 Å². The smallest absolute Gasteiger partial charge is 0.234 e. The summed E-state index contributed by atoms with van der Waals surface area (Å²) in [6, 6.07) is 0.592. The van der Waals surface area contributed by atoms with Crippen molar-refractivity contribution in [2.45, 2.75) is 32.2 Å². The molecular weight excluding hydrogens is 216 g/mol. The molecule has 17 heavy (non-hydrogen) atoms. The maximum Gasteiger partial charge on any atom is 0.234 e. The molecule has 0 spiro atoms. The summed E-state index contributed by atoms with van der Waals surface area (Å²) in [5, 5.41) is 0. The number of nitrogens with two attached hydrogens (primary N) is 1. The zero-order chi connectivity index (χ0) is 12.1. The molecule has 0 bridgehead atoms. The van der Waals surface area contributed by atoms with Crippen molar-refractivity contribution in [1.82, 2.24) is 9.97 Å². The van der Waals surface area contributed by atoms with E-state index >= 15 is 0 Å². The van der Waals surface area contributed by atoms with Gasteiger partial charge in [-0.25, -0.2) is 0 Å².